The molecule has 3 fully saturated rings. The molecule has 0 aromatic carbocycles. The van der Waals surface area contributed by atoms with Gasteiger partial charge in [0.05, 0.1) is 18.9 Å². The Morgan fingerprint density at radius 1 is 1.54 bits per heavy atom. The minimum Gasteiger partial charge on any atom is -0.469 e. The molecule has 2 bridgehead atoms. The Bertz CT molecular complexity index is 248. The highest BCUT2D eigenvalue weighted by Crippen LogP contribution is 2.38. The van der Waals surface area contributed by atoms with Gasteiger partial charge >= 0.3 is 11.9 Å². The van der Waals surface area contributed by atoms with E-state index in [4.69, 9.17) is 4.74 Å². The molecule has 0 unspecified atom stereocenters. The number of carbonyl (C=O) groups excluding carboxylic acids is 2. The van der Waals surface area contributed by atoms with Crippen LogP contribution in [0.25, 0.3) is 0 Å². The number of ether oxygens (including phenoxy) is 2. The van der Waals surface area contributed by atoms with Crippen LogP contribution in [-0.2, 0) is 19.1 Å². The molecule has 3 rings (SSSR count). The third-order valence-corrected chi connectivity index (χ3v) is 2.89. The van der Waals surface area contributed by atoms with Gasteiger partial charge in [-0.3, -0.25) is 9.59 Å². The van der Waals surface area contributed by atoms with Crippen molar-refractivity contribution < 1.29 is 19.1 Å². The summed E-state index contributed by atoms with van der Waals surface area (Å²) < 4.78 is 9.71. The molecule has 13 heavy (non-hydrogen) atoms. The largest absolute Gasteiger partial charge is 0.469 e. The van der Waals surface area contributed by atoms with Crippen molar-refractivity contribution in [2.45, 2.75) is 25.4 Å². The van der Waals surface area contributed by atoms with Crippen molar-refractivity contribution in [2.75, 3.05) is 7.11 Å². The average molecular weight is 184 g/mol. The highest BCUT2D eigenvalue weighted by molar-refractivity contribution is 5.83. The quantitative estimate of drug-likeness (QED) is 0.557. The molecule has 1 saturated carbocycles. The molecule has 4 heteroatoms. The molecule has 2 heterocycles. The number of esters is 2. The minimum absolute atomic E-state index is 0.0541. The minimum atomic E-state index is -0.272. The summed E-state index contributed by atoms with van der Waals surface area (Å²) in [4.78, 5) is 22.5. The maximum Gasteiger partial charge on any atom is 0.310 e. The number of hydrogen-bond acceptors (Lipinski definition) is 4. The zero-order chi connectivity index (χ0) is 9.42. The molecule has 0 aromatic heterocycles. The molecule has 0 radical (unpaired) electrons. The fourth-order valence-corrected chi connectivity index (χ4v) is 2.18. The van der Waals surface area contributed by atoms with Crippen LogP contribution in [0.5, 0.6) is 0 Å². The van der Waals surface area contributed by atoms with Crippen molar-refractivity contribution in [3.05, 3.63) is 0 Å². The van der Waals surface area contributed by atoms with Crippen LogP contribution >= 0.6 is 0 Å². The van der Waals surface area contributed by atoms with Gasteiger partial charge in [0, 0.05) is 0 Å². The van der Waals surface area contributed by atoms with Crippen LogP contribution in [0.15, 0.2) is 0 Å². The van der Waals surface area contributed by atoms with Crippen LogP contribution in [-0.4, -0.2) is 25.2 Å². The van der Waals surface area contributed by atoms with E-state index in [0.29, 0.717) is 6.42 Å². The maximum atomic E-state index is 11.3. The fraction of sp³-hybridized carbons (Fsp3) is 0.778. The van der Waals surface area contributed by atoms with E-state index in [1.54, 1.807) is 0 Å². The molecule has 2 saturated heterocycles. The van der Waals surface area contributed by atoms with Gasteiger partial charge in [0.25, 0.3) is 0 Å². The molecule has 3 aliphatic rings. The van der Waals surface area contributed by atoms with Crippen LogP contribution in [0.3, 0.4) is 0 Å². The highest BCUT2D eigenvalue weighted by Gasteiger charge is 2.46. The standard InChI is InChI=1S/C9H12O4/c1-12-8(10)7-4-5-2-3-6(7)9(11)13-5/h5-7H,2-4H2,1H3/t5-,6+,7+/m1/s1. The molecule has 1 aliphatic carbocycles. The number of hydrogen-bond donors (Lipinski definition) is 0. The SMILES string of the molecule is COC(=O)[C@H]1C[C@H]2CC[C@@H]1C(=O)O2. The molecule has 2 aliphatic heterocycles. The molecule has 0 aromatic rings. The molecule has 0 amide bonds. The number of methoxy groups -OCH3 is 1. The van der Waals surface area contributed by atoms with Crippen LogP contribution in [0.2, 0.25) is 0 Å². The van der Waals surface area contributed by atoms with Crippen molar-refractivity contribution in [3.8, 4) is 0 Å². The monoisotopic (exact) mass is 184 g/mol. The first-order valence-electron chi connectivity index (χ1n) is 4.50. The van der Waals surface area contributed by atoms with Gasteiger partial charge in [-0.25, -0.2) is 0 Å². The van der Waals surface area contributed by atoms with E-state index in [-0.39, 0.29) is 29.9 Å². The van der Waals surface area contributed by atoms with Crippen LogP contribution < -0.4 is 0 Å². The van der Waals surface area contributed by atoms with Crippen LogP contribution in [0.4, 0.5) is 0 Å². The van der Waals surface area contributed by atoms with E-state index in [9.17, 15) is 9.59 Å². The lowest BCUT2D eigenvalue weighted by Gasteiger charge is -2.39. The van der Waals surface area contributed by atoms with Crippen LogP contribution in [0.1, 0.15) is 19.3 Å². The van der Waals surface area contributed by atoms with E-state index >= 15 is 0 Å². The van der Waals surface area contributed by atoms with Gasteiger partial charge < -0.3 is 9.47 Å². The normalized spacial score (nSPS) is 37.0. The first kappa shape index (κ1) is 8.53. The Morgan fingerprint density at radius 2 is 2.31 bits per heavy atom. The second kappa shape index (κ2) is 3.01. The number of fused-ring (bicyclic) bond motifs is 3. The zero-order valence-electron chi connectivity index (χ0n) is 7.49. The fourth-order valence-electron chi connectivity index (χ4n) is 2.18. The van der Waals surface area contributed by atoms with Gasteiger partial charge in [-0.2, -0.15) is 0 Å². The summed E-state index contributed by atoms with van der Waals surface area (Å²) in [5.41, 5.74) is 0. The summed E-state index contributed by atoms with van der Waals surface area (Å²) in [6.45, 7) is 0. The first-order chi connectivity index (χ1) is 6.22. The van der Waals surface area contributed by atoms with Gasteiger partial charge in [-0.15, -0.1) is 0 Å². The Morgan fingerprint density at radius 3 is 2.85 bits per heavy atom. The summed E-state index contributed by atoms with van der Waals surface area (Å²) in [6.07, 6.45) is 2.25. The second-order valence-electron chi connectivity index (χ2n) is 3.61. The Balaban J connectivity index is 2.14. The lowest BCUT2D eigenvalue weighted by atomic mass is 9.75. The second-order valence-corrected chi connectivity index (χ2v) is 3.61. The van der Waals surface area contributed by atoms with E-state index in [1.807, 2.05) is 0 Å². The summed E-state index contributed by atoms with van der Waals surface area (Å²) >= 11 is 0. The molecule has 0 N–H and O–H groups in total. The van der Waals surface area contributed by atoms with Crippen molar-refractivity contribution in [1.82, 2.24) is 0 Å². The summed E-state index contributed by atoms with van der Waals surface area (Å²) in [5, 5.41) is 0. The predicted molar refractivity (Wildman–Crippen MR) is 42.7 cm³/mol. The third-order valence-electron chi connectivity index (χ3n) is 2.89. The zero-order valence-corrected chi connectivity index (χ0v) is 7.49. The van der Waals surface area contributed by atoms with E-state index < -0.39 is 0 Å². The molecule has 72 valence electrons. The third kappa shape index (κ3) is 1.30. The van der Waals surface area contributed by atoms with E-state index in [1.165, 1.54) is 7.11 Å². The Labute approximate surface area is 76.2 Å². The van der Waals surface area contributed by atoms with Gasteiger partial charge in [0.1, 0.15) is 6.10 Å². The Hall–Kier alpha value is -1.06. The lowest BCUT2D eigenvalue weighted by Crippen LogP contribution is -2.46. The lowest BCUT2D eigenvalue weighted by molar-refractivity contribution is -0.182. The van der Waals surface area contributed by atoms with E-state index in [2.05, 4.69) is 4.74 Å². The van der Waals surface area contributed by atoms with Crippen molar-refractivity contribution in [1.29, 1.82) is 0 Å². The Kier molecular flexibility index (Phi) is 1.98. The molecular formula is C9H12O4. The topological polar surface area (TPSA) is 52.6 Å². The van der Waals surface area contributed by atoms with Gasteiger partial charge in [0.15, 0.2) is 0 Å². The highest BCUT2D eigenvalue weighted by atomic mass is 16.6. The summed E-state index contributed by atoms with van der Waals surface area (Å²) in [7, 11) is 1.36. The summed E-state index contributed by atoms with van der Waals surface area (Å²) in [6, 6.07) is 0. The average Bonchev–Trinajstić information content (AvgIpc) is 2.17. The van der Waals surface area contributed by atoms with Gasteiger partial charge in [-0.05, 0) is 19.3 Å². The van der Waals surface area contributed by atoms with Crippen molar-refractivity contribution >= 4 is 11.9 Å². The maximum absolute atomic E-state index is 11.3. The van der Waals surface area contributed by atoms with Crippen LogP contribution in [0, 0.1) is 11.8 Å². The molecule has 0 spiro atoms. The molecule has 3 atom stereocenters. The van der Waals surface area contributed by atoms with Crippen molar-refractivity contribution in [3.63, 3.8) is 0 Å². The molecular weight excluding hydrogens is 172 g/mol. The molecule has 4 nitrogen and oxygen atoms in total. The predicted octanol–water partition coefficient (Wildman–Crippen LogP) is 0.501. The van der Waals surface area contributed by atoms with E-state index in [0.717, 1.165) is 12.8 Å². The number of carbonyl (C=O) groups is 2. The number of rotatable bonds is 1. The van der Waals surface area contributed by atoms with Gasteiger partial charge in [-0.1, -0.05) is 0 Å². The first-order valence-corrected chi connectivity index (χ1v) is 4.50. The smallest absolute Gasteiger partial charge is 0.310 e. The van der Waals surface area contributed by atoms with Gasteiger partial charge in [0.2, 0.25) is 0 Å². The van der Waals surface area contributed by atoms with Crippen molar-refractivity contribution in [2.24, 2.45) is 11.8 Å². The summed E-state index contributed by atoms with van der Waals surface area (Å²) in [5.74, 6) is -1.01.